The van der Waals surface area contributed by atoms with Crippen molar-refractivity contribution in [3.05, 3.63) is 59.1 Å². The van der Waals surface area contributed by atoms with E-state index >= 15 is 0 Å². The Morgan fingerprint density at radius 3 is 2.14 bits per heavy atom. The third-order valence-corrected chi connectivity index (χ3v) is 4.01. The van der Waals surface area contributed by atoms with E-state index in [0.29, 0.717) is 13.0 Å². The molecule has 0 aliphatic heterocycles. The first-order chi connectivity index (χ1) is 10.6. The molecule has 22 heavy (non-hydrogen) atoms. The van der Waals surface area contributed by atoms with Gasteiger partial charge in [0.2, 0.25) is 0 Å². The van der Waals surface area contributed by atoms with Gasteiger partial charge in [-0.15, -0.1) is 11.6 Å². The van der Waals surface area contributed by atoms with E-state index in [1.165, 1.54) is 0 Å². The summed E-state index contributed by atoms with van der Waals surface area (Å²) in [6.07, 6.45) is 1.31. The second-order valence-electron chi connectivity index (χ2n) is 4.96. The van der Waals surface area contributed by atoms with Crippen molar-refractivity contribution >= 4 is 29.2 Å². The number of carbonyl (C=O) groups is 1. The minimum atomic E-state index is -0.587. The quantitative estimate of drug-likeness (QED) is 0.541. The first kappa shape index (κ1) is 16.9. The maximum Gasteiger partial charge on any atom is 0.324 e. The van der Waals surface area contributed by atoms with Gasteiger partial charge in [0.15, 0.2) is 0 Å². The molecular weight excluding hydrogens is 319 g/mol. The van der Waals surface area contributed by atoms with Crippen molar-refractivity contribution in [1.29, 1.82) is 0 Å². The van der Waals surface area contributed by atoms with Crippen LogP contribution in [0.3, 0.4) is 0 Å². The van der Waals surface area contributed by atoms with E-state index in [9.17, 15) is 4.79 Å². The lowest BCUT2D eigenvalue weighted by Gasteiger charge is -2.09. The predicted octanol–water partition coefficient (Wildman–Crippen LogP) is 5.11. The summed E-state index contributed by atoms with van der Waals surface area (Å²) in [5.74, 6) is -0.345. The number of aryl methyl sites for hydroxylation is 1. The predicted molar refractivity (Wildman–Crippen MR) is 91.5 cm³/mol. The van der Waals surface area contributed by atoms with Crippen LogP contribution in [0.5, 0.6) is 0 Å². The van der Waals surface area contributed by atoms with Gasteiger partial charge in [0.25, 0.3) is 0 Å². The Bertz CT molecular complexity index is 606. The van der Waals surface area contributed by atoms with Crippen molar-refractivity contribution in [2.45, 2.75) is 25.1 Å². The number of esters is 1. The zero-order valence-corrected chi connectivity index (χ0v) is 13.9. The van der Waals surface area contributed by atoms with Crippen molar-refractivity contribution in [3.63, 3.8) is 0 Å². The Morgan fingerprint density at radius 2 is 1.59 bits per heavy atom. The van der Waals surface area contributed by atoms with Gasteiger partial charge in [-0.3, -0.25) is 4.79 Å². The molecule has 0 aliphatic carbocycles. The molecule has 0 spiro atoms. The number of benzene rings is 2. The van der Waals surface area contributed by atoms with Crippen molar-refractivity contribution in [3.8, 4) is 11.1 Å². The first-order valence-corrected chi connectivity index (χ1v) is 8.07. The Labute approximate surface area is 141 Å². The summed E-state index contributed by atoms with van der Waals surface area (Å²) in [5.41, 5.74) is 3.40. The first-order valence-electron chi connectivity index (χ1n) is 7.25. The Hall–Kier alpha value is -1.51. The molecule has 2 aromatic carbocycles. The van der Waals surface area contributed by atoms with Gasteiger partial charge in [0.05, 0.1) is 6.61 Å². The highest BCUT2D eigenvalue weighted by Gasteiger charge is 2.15. The summed E-state index contributed by atoms with van der Waals surface area (Å²) in [7, 11) is 0. The van der Waals surface area contributed by atoms with Crippen LogP contribution in [0.15, 0.2) is 48.5 Å². The highest BCUT2D eigenvalue weighted by Crippen LogP contribution is 2.22. The minimum absolute atomic E-state index is 0.345. The van der Waals surface area contributed by atoms with Gasteiger partial charge in [-0.05, 0) is 48.6 Å². The smallest absolute Gasteiger partial charge is 0.324 e. The van der Waals surface area contributed by atoms with Crippen LogP contribution in [0.4, 0.5) is 0 Å². The van der Waals surface area contributed by atoms with Gasteiger partial charge < -0.3 is 4.74 Å². The van der Waals surface area contributed by atoms with Crippen LogP contribution in [-0.4, -0.2) is 18.0 Å². The average molecular weight is 337 g/mol. The minimum Gasteiger partial charge on any atom is -0.465 e. The summed E-state index contributed by atoms with van der Waals surface area (Å²) >= 11 is 11.9. The molecule has 4 heteroatoms. The highest BCUT2D eigenvalue weighted by atomic mass is 35.5. The highest BCUT2D eigenvalue weighted by molar-refractivity contribution is 6.30. The summed E-state index contributed by atoms with van der Waals surface area (Å²) in [4.78, 5) is 11.5. The lowest BCUT2D eigenvalue weighted by molar-refractivity contribution is -0.142. The Morgan fingerprint density at radius 1 is 1.05 bits per heavy atom. The van der Waals surface area contributed by atoms with E-state index in [2.05, 4.69) is 24.3 Å². The molecule has 116 valence electrons. The molecular formula is C18H18Cl2O2. The van der Waals surface area contributed by atoms with Crippen LogP contribution < -0.4 is 0 Å². The third kappa shape index (κ3) is 4.75. The molecule has 0 saturated carbocycles. The Kier molecular flexibility index (Phi) is 6.29. The standard InChI is InChI=1S/C18H18Cl2O2/c1-2-22-18(21)17(20)12-5-13-3-6-14(7-4-13)15-8-10-16(19)11-9-15/h3-4,6-11,17H,2,5,12H2,1H3. The normalized spacial score (nSPS) is 12.0. The van der Waals surface area contributed by atoms with E-state index in [-0.39, 0.29) is 5.97 Å². The number of halogens is 2. The van der Waals surface area contributed by atoms with Crippen molar-refractivity contribution in [2.24, 2.45) is 0 Å². The fraction of sp³-hybridized carbons (Fsp3) is 0.278. The van der Waals surface area contributed by atoms with Crippen LogP contribution in [0, 0.1) is 0 Å². The number of hydrogen-bond acceptors (Lipinski definition) is 2. The lowest BCUT2D eigenvalue weighted by atomic mass is 10.0. The van der Waals surface area contributed by atoms with Gasteiger partial charge in [0.1, 0.15) is 5.38 Å². The van der Waals surface area contributed by atoms with E-state index in [0.717, 1.165) is 28.1 Å². The molecule has 0 amide bonds. The molecule has 0 bridgehead atoms. The summed E-state index contributed by atoms with van der Waals surface area (Å²) < 4.78 is 4.90. The Balaban J connectivity index is 1.94. The topological polar surface area (TPSA) is 26.3 Å². The molecule has 1 unspecified atom stereocenters. The van der Waals surface area contributed by atoms with Crippen LogP contribution in [0.2, 0.25) is 5.02 Å². The van der Waals surface area contributed by atoms with Crippen molar-refractivity contribution < 1.29 is 9.53 Å². The summed E-state index contributed by atoms with van der Waals surface area (Å²) in [5, 5.41) is 0.142. The van der Waals surface area contributed by atoms with E-state index in [1.807, 2.05) is 24.3 Å². The van der Waals surface area contributed by atoms with Gasteiger partial charge in [-0.2, -0.15) is 0 Å². The number of rotatable bonds is 6. The molecule has 0 radical (unpaired) electrons. The van der Waals surface area contributed by atoms with Gasteiger partial charge >= 0.3 is 5.97 Å². The largest absolute Gasteiger partial charge is 0.465 e. The van der Waals surface area contributed by atoms with Gasteiger partial charge in [0, 0.05) is 5.02 Å². The van der Waals surface area contributed by atoms with Gasteiger partial charge in [-0.25, -0.2) is 0 Å². The van der Waals surface area contributed by atoms with Gasteiger partial charge in [-0.1, -0.05) is 48.0 Å². The van der Waals surface area contributed by atoms with Crippen LogP contribution >= 0.6 is 23.2 Å². The fourth-order valence-corrected chi connectivity index (χ4v) is 2.45. The van der Waals surface area contributed by atoms with E-state index in [1.54, 1.807) is 6.92 Å². The zero-order valence-electron chi connectivity index (χ0n) is 12.4. The zero-order chi connectivity index (χ0) is 15.9. The molecule has 1 atom stereocenters. The summed E-state index contributed by atoms with van der Waals surface area (Å²) in [6, 6.07) is 16.0. The molecule has 2 rings (SSSR count). The maximum atomic E-state index is 11.5. The number of alkyl halides is 1. The molecule has 0 saturated heterocycles. The molecule has 2 nitrogen and oxygen atoms in total. The third-order valence-electron chi connectivity index (χ3n) is 3.36. The lowest BCUT2D eigenvalue weighted by Crippen LogP contribution is -2.18. The average Bonchev–Trinajstić information content (AvgIpc) is 2.54. The van der Waals surface area contributed by atoms with Crippen molar-refractivity contribution in [1.82, 2.24) is 0 Å². The molecule has 2 aromatic rings. The SMILES string of the molecule is CCOC(=O)C(Cl)CCc1ccc(-c2ccc(Cl)cc2)cc1. The molecule has 0 heterocycles. The van der Waals surface area contributed by atoms with Crippen LogP contribution in [0.25, 0.3) is 11.1 Å². The number of hydrogen-bond donors (Lipinski definition) is 0. The maximum absolute atomic E-state index is 11.5. The van der Waals surface area contributed by atoms with E-state index in [4.69, 9.17) is 27.9 Å². The van der Waals surface area contributed by atoms with Crippen molar-refractivity contribution in [2.75, 3.05) is 6.61 Å². The monoisotopic (exact) mass is 336 g/mol. The molecule has 0 N–H and O–H groups in total. The molecule has 0 fully saturated rings. The summed E-state index contributed by atoms with van der Waals surface area (Å²) in [6.45, 7) is 2.13. The van der Waals surface area contributed by atoms with E-state index < -0.39 is 5.38 Å². The molecule has 0 aliphatic rings. The number of carbonyl (C=O) groups excluding carboxylic acids is 1. The van der Waals surface area contributed by atoms with Crippen LogP contribution in [0.1, 0.15) is 18.9 Å². The van der Waals surface area contributed by atoms with Crippen LogP contribution in [-0.2, 0) is 16.0 Å². The fourth-order valence-electron chi connectivity index (χ4n) is 2.15. The molecule has 0 aromatic heterocycles. The second-order valence-corrected chi connectivity index (χ2v) is 5.93. The number of ether oxygens (including phenoxy) is 1. The second kappa shape index (κ2) is 8.21.